The summed E-state index contributed by atoms with van der Waals surface area (Å²) in [6.45, 7) is 1.64. The van der Waals surface area contributed by atoms with E-state index in [-0.39, 0.29) is 10.8 Å². The Hall–Kier alpha value is -1.69. The lowest BCUT2D eigenvalue weighted by Gasteiger charge is -2.09. The van der Waals surface area contributed by atoms with Gasteiger partial charge in [0.15, 0.2) is 5.11 Å². The Balaban J connectivity index is 3.33. The number of hydrogen-bond acceptors (Lipinski definition) is 2. The average Bonchev–Trinajstić information content (AvgIpc) is 1.99. The van der Waals surface area contributed by atoms with Gasteiger partial charge in [-0.3, -0.25) is 0 Å². The van der Waals surface area contributed by atoms with Crippen molar-refractivity contribution in [3.63, 3.8) is 0 Å². The fourth-order valence-corrected chi connectivity index (χ4v) is 1.30. The van der Waals surface area contributed by atoms with Gasteiger partial charge in [0, 0.05) is 0 Å². The smallest absolute Gasteiger partial charge is 0.340 e. The van der Waals surface area contributed by atoms with Gasteiger partial charge in [-0.05, 0) is 36.8 Å². The average molecular weight is 228 g/mol. The zero-order chi connectivity index (χ0) is 11.6. The van der Waals surface area contributed by atoms with E-state index in [1.807, 2.05) is 0 Å². The molecule has 0 saturated heterocycles. The first kappa shape index (κ1) is 11.4. The zero-order valence-corrected chi connectivity index (χ0v) is 8.69. The fraction of sp³-hybridized carbons (Fsp3) is 0.111. The first-order chi connectivity index (χ1) is 6.91. The van der Waals surface area contributed by atoms with E-state index in [4.69, 9.17) is 10.8 Å². The third-order valence-electron chi connectivity index (χ3n) is 1.71. The van der Waals surface area contributed by atoms with Gasteiger partial charge >= 0.3 is 5.97 Å². The van der Waals surface area contributed by atoms with Gasteiger partial charge in [0.05, 0.1) is 5.69 Å². The van der Waals surface area contributed by atoms with Crippen molar-refractivity contribution in [3.8, 4) is 0 Å². The van der Waals surface area contributed by atoms with Crippen LogP contribution < -0.4 is 11.1 Å². The number of carbonyl (C=O) groups is 1. The first-order valence-corrected chi connectivity index (χ1v) is 4.42. The molecular weight excluding hydrogens is 219 g/mol. The van der Waals surface area contributed by atoms with Crippen molar-refractivity contribution in [2.75, 3.05) is 5.32 Å². The maximum Gasteiger partial charge on any atom is 0.340 e. The van der Waals surface area contributed by atoms with Gasteiger partial charge in [-0.25, -0.2) is 9.18 Å². The molecule has 0 aliphatic rings. The van der Waals surface area contributed by atoms with Crippen molar-refractivity contribution in [3.05, 3.63) is 29.1 Å². The molecular formula is C9H9FN2O2S. The van der Waals surface area contributed by atoms with Crippen molar-refractivity contribution in [1.29, 1.82) is 0 Å². The molecule has 0 fully saturated rings. The van der Waals surface area contributed by atoms with E-state index in [9.17, 15) is 9.18 Å². The molecule has 6 heteroatoms. The second-order valence-electron chi connectivity index (χ2n) is 2.96. The van der Waals surface area contributed by atoms with Gasteiger partial charge in [0.2, 0.25) is 0 Å². The Morgan fingerprint density at radius 2 is 2.20 bits per heavy atom. The Morgan fingerprint density at radius 3 is 2.67 bits per heavy atom. The van der Waals surface area contributed by atoms with Crippen molar-refractivity contribution < 1.29 is 14.3 Å². The number of hydrogen-bond donors (Lipinski definition) is 3. The lowest BCUT2D eigenvalue weighted by atomic mass is 10.1. The second-order valence-corrected chi connectivity index (χ2v) is 3.40. The largest absolute Gasteiger partial charge is 0.478 e. The number of benzene rings is 1. The molecule has 15 heavy (non-hydrogen) atoms. The van der Waals surface area contributed by atoms with E-state index in [2.05, 4.69) is 17.5 Å². The summed E-state index contributed by atoms with van der Waals surface area (Å²) in [6, 6.07) is 2.60. The number of halogens is 1. The first-order valence-electron chi connectivity index (χ1n) is 4.01. The van der Waals surface area contributed by atoms with Crippen LogP contribution in [0.5, 0.6) is 0 Å². The van der Waals surface area contributed by atoms with Crippen molar-refractivity contribution in [1.82, 2.24) is 0 Å². The van der Waals surface area contributed by atoms with E-state index in [1.165, 1.54) is 6.07 Å². The molecule has 0 radical (unpaired) electrons. The second kappa shape index (κ2) is 4.22. The molecule has 0 amide bonds. The standard InChI is InChI=1S/C9H9FN2O2S/c1-4-2-5(10)7(8(13)14)6(3-4)12-9(11)15/h2-3H,1H3,(H,13,14)(H3,11,12,15). The number of carboxylic acids is 1. The Bertz CT molecular complexity index is 434. The van der Waals surface area contributed by atoms with Crippen LogP contribution in [-0.4, -0.2) is 16.2 Å². The summed E-state index contributed by atoms with van der Waals surface area (Å²) in [5, 5.41) is 11.1. The van der Waals surface area contributed by atoms with E-state index >= 15 is 0 Å². The number of aryl methyl sites for hydroxylation is 1. The molecule has 1 rings (SSSR count). The molecule has 0 bridgehead atoms. The molecule has 1 aromatic rings. The molecule has 0 heterocycles. The number of anilines is 1. The molecule has 0 spiro atoms. The molecule has 4 nitrogen and oxygen atoms in total. The summed E-state index contributed by atoms with van der Waals surface area (Å²) in [5.41, 5.74) is 5.38. The molecule has 1 aromatic carbocycles. The highest BCUT2D eigenvalue weighted by Gasteiger charge is 2.16. The number of rotatable bonds is 2. The molecule has 80 valence electrons. The number of nitrogens with one attached hydrogen (secondary N) is 1. The third-order valence-corrected chi connectivity index (χ3v) is 1.81. The Labute approximate surface area is 90.9 Å². The molecule has 4 N–H and O–H groups in total. The SMILES string of the molecule is Cc1cc(F)c(C(=O)O)c(NC(N)=S)c1. The molecule has 0 aliphatic carbocycles. The number of thiocarbonyl (C=S) groups is 1. The predicted octanol–water partition coefficient (Wildman–Crippen LogP) is 1.49. The molecule has 0 saturated carbocycles. The van der Waals surface area contributed by atoms with Gasteiger partial charge in [-0.15, -0.1) is 0 Å². The van der Waals surface area contributed by atoms with E-state index < -0.39 is 17.3 Å². The van der Waals surface area contributed by atoms with Crippen LogP contribution in [0.3, 0.4) is 0 Å². The minimum Gasteiger partial charge on any atom is -0.478 e. The van der Waals surface area contributed by atoms with Crippen LogP contribution in [0.4, 0.5) is 10.1 Å². The van der Waals surface area contributed by atoms with Crippen LogP contribution >= 0.6 is 12.2 Å². The lowest BCUT2D eigenvalue weighted by Crippen LogP contribution is -2.21. The van der Waals surface area contributed by atoms with Crippen molar-refractivity contribution in [2.45, 2.75) is 6.92 Å². The highest BCUT2D eigenvalue weighted by Crippen LogP contribution is 2.21. The van der Waals surface area contributed by atoms with Crippen molar-refractivity contribution >= 4 is 29.0 Å². The van der Waals surface area contributed by atoms with E-state index in [1.54, 1.807) is 6.92 Å². The highest BCUT2D eigenvalue weighted by atomic mass is 32.1. The minimum atomic E-state index is -1.37. The van der Waals surface area contributed by atoms with Gasteiger partial charge in [0.1, 0.15) is 11.4 Å². The molecule has 0 atom stereocenters. The zero-order valence-electron chi connectivity index (χ0n) is 7.87. The van der Waals surface area contributed by atoms with Crippen LogP contribution in [0.15, 0.2) is 12.1 Å². The van der Waals surface area contributed by atoms with Crippen LogP contribution in [0.1, 0.15) is 15.9 Å². The highest BCUT2D eigenvalue weighted by molar-refractivity contribution is 7.80. The minimum absolute atomic E-state index is 0.0625. The van der Waals surface area contributed by atoms with Gasteiger partial charge in [0.25, 0.3) is 0 Å². The summed E-state index contributed by atoms with van der Waals surface area (Å²) >= 11 is 4.56. The van der Waals surface area contributed by atoms with Crippen LogP contribution in [-0.2, 0) is 0 Å². The maximum atomic E-state index is 13.3. The predicted molar refractivity (Wildman–Crippen MR) is 58.5 cm³/mol. The number of aromatic carboxylic acids is 1. The Kier molecular flexibility index (Phi) is 3.21. The van der Waals surface area contributed by atoms with Gasteiger partial charge in [-0.1, -0.05) is 0 Å². The van der Waals surface area contributed by atoms with Crippen LogP contribution in [0.25, 0.3) is 0 Å². The normalized spacial score (nSPS) is 9.73. The van der Waals surface area contributed by atoms with Gasteiger partial charge < -0.3 is 16.2 Å². The summed E-state index contributed by atoms with van der Waals surface area (Å²) in [4.78, 5) is 10.8. The Morgan fingerprint density at radius 1 is 1.60 bits per heavy atom. The molecule has 0 aromatic heterocycles. The number of carboxylic acid groups (broad SMARTS) is 1. The third kappa shape index (κ3) is 2.63. The summed E-state index contributed by atoms with van der Waals surface area (Å²) in [5.74, 6) is -2.19. The van der Waals surface area contributed by atoms with Crippen LogP contribution in [0, 0.1) is 12.7 Å². The molecule has 0 unspecified atom stereocenters. The topological polar surface area (TPSA) is 75.3 Å². The maximum absolute atomic E-state index is 13.3. The van der Waals surface area contributed by atoms with E-state index in [0.29, 0.717) is 5.56 Å². The van der Waals surface area contributed by atoms with Crippen molar-refractivity contribution in [2.24, 2.45) is 5.73 Å². The fourth-order valence-electron chi connectivity index (χ4n) is 1.19. The summed E-state index contributed by atoms with van der Waals surface area (Å²) in [7, 11) is 0. The summed E-state index contributed by atoms with van der Waals surface area (Å²) in [6.07, 6.45) is 0. The lowest BCUT2D eigenvalue weighted by molar-refractivity contribution is 0.0693. The summed E-state index contributed by atoms with van der Waals surface area (Å²) < 4.78 is 13.3. The van der Waals surface area contributed by atoms with E-state index in [0.717, 1.165) is 6.07 Å². The van der Waals surface area contributed by atoms with Gasteiger partial charge in [-0.2, -0.15) is 0 Å². The monoisotopic (exact) mass is 228 g/mol. The number of nitrogens with two attached hydrogens (primary N) is 1. The van der Waals surface area contributed by atoms with Crippen LogP contribution in [0.2, 0.25) is 0 Å². The molecule has 0 aliphatic heterocycles. The quantitative estimate of drug-likeness (QED) is 0.669.